The van der Waals surface area contributed by atoms with Gasteiger partial charge in [-0.05, 0) is 24.3 Å². The Morgan fingerprint density at radius 3 is 2.29 bits per heavy atom. The van der Waals surface area contributed by atoms with E-state index in [0.29, 0.717) is 0 Å². The van der Waals surface area contributed by atoms with Gasteiger partial charge >= 0.3 is 0 Å². The van der Waals surface area contributed by atoms with Crippen molar-refractivity contribution in [3.8, 4) is 11.8 Å². The van der Waals surface area contributed by atoms with E-state index in [1.807, 2.05) is 12.1 Å². The van der Waals surface area contributed by atoms with Crippen LogP contribution in [0.25, 0.3) is 0 Å². The summed E-state index contributed by atoms with van der Waals surface area (Å²) >= 11 is 0. The molecule has 0 aliphatic carbocycles. The second-order valence-electron chi connectivity index (χ2n) is 4.77. The highest BCUT2D eigenvalue weighted by molar-refractivity contribution is 5.29. The molecule has 0 amide bonds. The second-order valence-corrected chi connectivity index (χ2v) is 4.77. The van der Waals surface area contributed by atoms with Gasteiger partial charge in [-0.25, -0.2) is 0 Å². The third-order valence-corrected chi connectivity index (χ3v) is 3.51. The summed E-state index contributed by atoms with van der Waals surface area (Å²) in [6, 6.07) is 9.29. The van der Waals surface area contributed by atoms with Crippen molar-refractivity contribution in [2.75, 3.05) is 33.2 Å². The van der Waals surface area contributed by atoms with Crippen LogP contribution in [0.4, 0.5) is 0 Å². The molecule has 1 atom stereocenters. The second kappa shape index (κ2) is 5.17. The molecule has 0 bridgehead atoms. The number of benzene rings is 1. The van der Waals surface area contributed by atoms with Crippen LogP contribution in [0.15, 0.2) is 24.3 Å². The van der Waals surface area contributed by atoms with E-state index >= 15 is 0 Å². The molecule has 4 nitrogen and oxygen atoms in total. The first-order chi connectivity index (χ1) is 8.20. The van der Waals surface area contributed by atoms with Crippen molar-refractivity contribution >= 4 is 0 Å². The molecule has 4 heteroatoms. The fourth-order valence-corrected chi connectivity index (χ4v) is 2.35. The zero-order chi connectivity index (χ0) is 12.3. The van der Waals surface area contributed by atoms with E-state index in [-0.39, 0.29) is 11.8 Å². The van der Waals surface area contributed by atoms with E-state index in [9.17, 15) is 10.4 Å². The minimum absolute atomic E-state index is 0.108. The molecule has 3 N–H and O–H groups in total. The van der Waals surface area contributed by atoms with Gasteiger partial charge in [0.2, 0.25) is 6.04 Å². The molecular formula is C13H19N3O+2. The highest BCUT2D eigenvalue weighted by Gasteiger charge is 2.28. The van der Waals surface area contributed by atoms with Gasteiger partial charge in [0, 0.05) is 5.56 Å². The molecule has 2 rings (SSSR count). The number of hydrogen-bond acceptors (Lipinski definition) is 2. The summed E-state index contributed by atoms with van der Waals surface area (Å²) in [4.78, 5) is 2.87. The Morgan fingerprint density at radius 1 is 1.18 bits per heavy atom. The maximum Gasteiger partial charge on any atom is 0.201 e. The topological polar surface area (TPSA) is 52.9 Å². The molecule has 1 aliphatic heterocycles. The van der Waals surface area contributed by atoms with Crippen molar-refractivity contribution in [1.82, 2.24) is 0 Å². The summed E-state index contributed by atoms with van der Waals surface area (Å²) < 4.78 is 0. The van der Waals surface area contributed by atoms with Gasteiger partial charge in [0.15, 0.2) is 0 Å². The Balaban J connectivity index is 2.11. The summed E-state index contributed by atoms with van der Waals surface area (Å²) in [5.74, 6) is 0.253. The standard InChI is InChI=1S/C13H17N3O/c1-15-6-8-16(9-7-15)13(10-14)11-2-4-12(17)5-3-11/h2-5,13,17H,6-9H2,1H3/p+2/t13-/m0/s1. The predicted molar refractivity (Wildman–Crippen MR) is 63.8 cm³/mol. The average Bonchev–Trinajstić information content (AvgIpc) is 2.35. The molecule has 17 heavy (non-hydrogen) atoms. The lowest BCUT2D eigenvalue weighted by molar-refractivity contribution is -1.02. The largest absolute Gasteiger partial charge is 0.508 e. The molecule has 0 unspecified atom stereocenters. The van der Waals surface area contributed by atoms with Crippen LogP contribution in [0.2, 0.25) is 0 Å². The van der Waals surface area contributed by atoms with E-state index < -0.39 is 0 Å². The lowest BCUT2D eigenvalue weighted by Crippen LogP contribution is -3.27. The minimum Gasteiger partial charge on any atom is -0.508 e. The number of quaternary nitrogens is 2. The van der Waals surface area contributed by atoms with E-state index in [2.05, 4.69) is 13.1 Å². The van der Waals surface area contributed by atoms with Crippen LogP contribution in [0.5, 0.6) is 5.75 Å². The smallest absolute Gasteiger partial charge is 0.201 e. The number of phenolic OH excluding ortho intramolecular Hbond substituents is 1. The van der Waals surface area contributed by atoms with Crippen LogP contribution in [0.1, 0.15) is 11.6 Å². The van der Waals surface area contributed by atoms with Gasteiger partial charge in [0.1, 0.15) is 38.0 Å². The monoisotopic (exact) mass is 233 g/mol. The number of hydrogen-bond donors (Lipinski definition) is 3. The first-order valence-electron chi connectivity index (χ1n) is 6.05. The van der Waals surface area contributed by atoms with Gasteiger partial charge in [-0.2, -0.15) is 5.26 Å². The van der Waals surface area contributed by atoms with Crippen molar-refractivity contribution in [1.29, 1.82) is 5.26 Å². The predicted octanol–water partition coefficient (Wildman–Crippen LogP) is -1.63. The van der Waals surface area contributed by atoms with Crippen LogP contribution in [-0.2, 0) is 0 Å². The third kappa shape index (κ3) is 2.76. The first-order valence-corrected chi connectivity index (χ1v) is 6.05. The van der Waals surface area contributed by atoms with Crippen molar-refractivity contribution in [2.24, 2.45) is 0 Å². The highest BCUT2D eigenvalue weighted by atomic mass is 16.3. The molecular weight excluding hydrogens is 214 g/mol. The Hall–Kier alpha value is -1.57. The maximum atomic E-state index is 9.33. The lowest BCUT2D eigenvalue weighted by atomic mass is 10.1. The Bertz CT molecular complexity index is 402. The summed E-state index contributed by atoms with van der Waals surface area (Å²) in [6.45, 7) is 4.30. The average molecular weight is 233 g/mol. The van der Waals surface area contributed by atoms with Crippen molar-refractivity contribution in [2.45, 2.75) is 6.04 Å². The lowest BCUT2D eigenvalue weighted by Gasteiger charge is -2.30. The van der Waals surface area contributed by atoms with Crippen LogP contribution >= 0.6 is 0 Å². The van der Waals surface area contributed by atoms with Crippen molar-refractivity contribution in [3.63, 3.8) is 0 Å². The maximum absolute atomic E-state index is 9.33. The quantitative estimate of drug-likeness (QED) is 0.574. The molecule has 1 fully saturated rings. The van der Waals surface area contributed by atoms with Gasteiger partial charge in [-0.15, -0.1) is 0 Å². The van der Waals surface area contributed by atoms with Crippen molar-refractivity contribution < 1.29 is 14.9 Å². The Morgan fingerprint density at radius 2 is 1.76 bits per heavy atom. The van der Waals surface area contributed by atoms with E-state index in [4.69, 9.17) is 0 Å². The number of phenols is 1. The van der Waals surface area contributed by atoms with Crippen molar-refractivity contribution in [3.05, 3.63) is 29.8 Å². The SMILES string of the molecule is C[NH+]1CC[NH+]([C@@H](C#N)c2ccc(O)cc2)CC1. The molecule has 1 aliphatic rings. The molecule has 0 aromatic heterocycles. The summed E-state index contributed by atoms with van der Waals surface area (Å²) in [5.41, 5.74) is 1.000. The zero-order valence-electron chi connectivity index (χ0n) is 10.1. The van der Waals surface area contributed by atoms with Crippen LogP contribution in [0, 0.1) is 11.3 Å². The van der Waals surface area contributed by atoms with Gasteiger partial charge in [0.25, 0.3) is 0 Å². The number of nitrogens with zero attached hydrogens (tertiary/aromatic N) is 1. The molecule has 0 radical (unpaired) electrons. The van der Waals surface area contributed by atoms with Gasteiger partial charge in [-0.3, -0.25) is 0 Å². The van der Waals surface area contributed by atoms with Gasteiger partial charge < -0.3 is 14.9 Å². The highest BCUT2D eigenvalue weighted by Crippen LogP contribution is 2.14. The summed E-state index contributed by atoms with van der Waals surface area (Å²) in [5, 5.41) is 18.6. The van der Waals surface area contributed by atoms with E-state index in [0.717, 1.165) is 31.7 Å². The van der Waals surface area contributed by atoms with Crippen LogP contribution in [0.3, 0.4) is 0 Å². The van der Waals surface area contributed by atoms with Gasteiger partial charge in [0.05, 0.1) is 7.05 Å². The summed E-state index contributed by atoms with van der Waals surface area (Å²) in [7, 11) is 2.19. The first kappa shape index (κ1) is 11.9. The normalized spacial score (nSPS) is 26.1. The molecule has 0 saturated carbocycles. The number of piperazine rings is 1. The molecule has 1 aromatic rings. The van der Waals surface area contributed by atoms with E-state index in [1.165, 1.54) is 9.80 Å². The third-order valence-electron chi connectivity index (χ3n) is 3.51. The van der Waals surface area contributed by atoms with E-state index in [1.54, 1.807) is 12.1 Å². The molecule has 0 spiro atoms. The summed E-state index contributed by atoms with van der Waals surface area (Å²) in [6.07, 6.45) is 0. The Kier molecular flexibility index (Phi) is 3.62. The number of nitrogens with one attached hydrogen (secondary N) is 2. The van der Waals surface area contributed by atoms with Crippen LogP contribution in [-0.4, -0.2) is 38.3 Å². The molecule has 1 aromatic carbocycles. The molecule has 1 heterocycles. The van der Waals surface area contributed by atoms with Gasteiger partial charge in [-0.1, -0.05) is 0 Å². The fraction of sp³-hybridized carbons (Fsp3) is 0.462. The molecule has 90 valence electrons. The number of aromatic hydroxyl groups is 1. The number of nitriles is 1. The van der Waals surface area contributed by atoms with Crippen LogP contribution < -0.4 is 9.80 Å². The fourth-order valence-electron chi connectivity index (χ4n) is 2.35. The Labute approximate surface area is 102 Å². The zero-order valence-corrected chi connectivity index (χ0v) is 10.1. The minimum atomic E-state index is -0.108. The number of likely N-dealkylation sites (N-methyl/N-ethyl adjacent to an activating group) is 1. The molecule has 1 saturated heterocycles. The number of rotatable bonds is 2.